The van der Waals surface area contributed by atoms with Gasteiger partial charge in [-0.15, -0.1) is 0 Å². The van der Waals surface area contributed by atoms with Gasteiger partial charge in [0.25, 0.3) is 0 Å². The first-order valence-electron chi connectivity index (χ1n) is 18.3. The number of aromatic nitrogens is 1. The molecule has 11 rings (SSSR count). The Kier molecular flexibility index (Phi) is 6.62. The van der Waals surface area contributed by atoms with E-state index in [0.29, 0.717) is 0 Å². The molecule has 246 valence electrons. The predicted molar refractivity (Wildman–Crippen MR) is 226 cm³/mol. The zero-order valence-corrected chi connectivity index (χ0v) is 29.0. The highest BCUT2D eigenvalue weighted by Gasteiger charge is 2.17. The zero-order valence-electron chi connectivity index (χ0n) is 29.0. The Balaban J connectivity index is 1.07. The van der Waals surface area contributed by atoms with Gasteiger partial charge in [-0.1, -0.05) is 146 Å². The molecule has 0 amide bonds. The molecule has 0 N–H and O–H groups in total. The molecule has 53 heavy (non-hydrogen) atoms. The van der Waals surface area contributed by atoms with Crippen LogP contribution in [0.4, 0.5) is 0 Å². The Morgan fingerprint density at radius 3 is 1.43 bits per heavy atom. The van der Waals surface area contributed by atoms with Crippen LogP contribution >= 0.6 is 0 Å². The molecular formula is C52H33N. The Morgan fingerprint density at radius 1 is 0.264 bits per heavy atom. The van der Waals surface area contributed by atoms with Crippen LogP contribution in [0, 0.1) is 0 Å². The molecule has 1 aromatic heterocycles. The highest BCUT2D eigenvalue weighted by atomic mass is 15.0. The highest BCUT2D eigenvalue weighted by Crippen LogP contribution is 2.42. The normalized spacial score (nSPS) is 11.8. The van der Waals surface area contributed by atoms with Crippen molar-refractivity contribution < 1.29 is 0 Å². The second-order valence-electron chi connectivity index (χ2n) is 14.1. The fourth-order valence-electron chi connectivity index (χ4n) is 8.64. The highest BCUT2D eigenvalue weighted by molar-refractivity contribution is 6.23. The maximum absolute atomic E-state index is 2.40. The van der Waals surface area contributed by atoms with Crippen LogP contribution in [-0.2, 0) is 0 Å². The van der Waals surface area contributed by atoms with E-state index >= 15 is 0 Å². The van der Waals surface area contributed by atoms with E-state index in [9.17, 15) is 0 Å². The molecule has 0 saturated carbocycles. The number of fused-ring (bicyclic) bond motifs is 3. The second kappa shape index (κ2) is 11.8. The Labute approximate surface area is 308 Å². The molecule has 0 atom stereocenters. The first kappa shape index (κ1) is 29.7. The summed E-state index contributed by atoms with van der Waals surface area (Å²) in [6.45, 7) is 0. The molecule has 0 bridgehead atoms. The third kappa shape index (κ3) is 4.79. The Morgan fingerprint density at radius 2 is 0.755 bits per heavy atom. The van der Waals surface area contributed by atoms with Gasteiger partial charge in [0, 0.05) is 16.5 Å². The minimum atomic E-state index is 1.17. The fourth-order valence-corrected chi connectivity index (χ4v) is 8.64. The van der Waals surface area contributed by atoms with Gasteiger partial charge in [0.15, 0.2) is 0 Å². The number of benzene rings is 10. The molecule has 11 aromatic rings. The maximum atomic E-state index is 2.40. The summed E-state index contributed by atoms with van der Waals surface area (Å²) in [5.41, 5.74) is 13.3. The SMILES string of the molecule is c1ccc(-c2cc(-c3ccc(-c4cc5ccc6cccc7ccc(c4)c5c67)cc3)cc(-c3cccc4c3c3ccccc3n4-c3ccccc3)c2)cc1. The standard InChI is InChI=1S/C52H33N/c1-3-11-34(12-4-1)42-31-43(33-44(32-42)46-18-10-20-49-52(46)47-17-7-8-19-48(47)53(49)45-15-5-2-6-16-45)36-23-21-35(22-24-36)41-29-39-27-25-37-13-9-14-38-26-28-40(30-41)51(39)50(37)38/h1-33H. The summed E-state index contributed by atoms with van der Waals surface area (Å²) in [5, 5.41) is 10.4. The van der Waals surface area contributed by atoms with Gasteiger partial charge in [-0.2, -0.15) is 0 Å². The van der Waals surface area contributed by atoms with Crippen molar-refractivity contribution in [3.63, 3.8) is 0 Å². The average Bonchev–Trinajstić information content (AvgIpc) is 3.58. The number of nitrogens with zero attached hydrogens (tertiary/aromatic N) is 1. The quantitative estimate of drug-likeness (QED) is 0.161. The molecule has 10 aromatic carbocycles. The van der Waals surface area contributed by atoms with Crippen LogP contribution in [0.1, 0.15) is 0 Å². The summed E-state index contributed by atoms with van der Waals surface area (Å²) in [6.07, 6.45) is 0. The molecule has 0 aliphatic rings. The van der Waals surface area contributed by atoms with E-state index in [1.165, 1.54) is 104 Å². The summed E-state index contributed by atoms with van der Waals surface area (Å²) in [4.78, 5) is 0. The van der Waals surface area contributed by atoms with E-state index in [4.69, 9.17) is 0 Å². The van der Waals surface area contributed by atoms with Crippen molar-refractivity contribution >= 4 is 54.1 Å². The maximum Gasteiger partial charge on any atom is 0.0547 e. The third-order valence-electron chi connectivity index (χ3n) is 11.1. The predicted octanol–water partition coefficient (Wildman–Crippen LogP) is 14.3. The van der Waals surface area contributed by atoms with Crippen LogP contribution in [-0.4, -0.2) is 4.57 Å². The average molecular weight is 672 g/mol. The van der Waals surface area contributed by atoms with Crippen molar-refractivity contribution in [2.24, 2.45) is 0 Å². The Hall–Kier alpha value is -6.96. The zero-order chi connectivity index (χ0) is 34.9. The van der Waals surface area contributed by atoms with Crippen LogP contribution in [0.5, 0.6) is 0 Å². The first-order chi connectivity index (χ1) is 26.3. The van der Waals surface area contributed by atoms with E-state index in [1.54, 1.807) is 0 Å². The van der Waals surface area contributed by atoms with Gasteiger partial charge in [-0.05, 0) is 131 Å². The van der Waals surface area contributed by atoms with Gasteiger partial charge in [0.1, 0.15) is 0 Å². The summed E-state index contributed by atoms with van der Waals surface area (Å²) < 4.78 is 2.40. The van der Waals surface area contributed by atoms with Crippen molar-refractivity contribution in [3.05, 3.63) is 200 Å². The van der Waals surface area contributed by atoms with Crippen LogP contribution in [0.25, 0.3) is 104 Å². The van der Waals surface area contributed by atoms with Gasteiger partial charge in [-0.25, -0.2) is 0 Å². The van der Waals surface area contributed by atoms with Gasteiger partial charge in [-0.3, -0.25) is 0 Å². The van der Waals surface area contributed by atoms with Gasteiger partial charge in [0.05, 0.1) is 11.0 Å². The summed E-state index contributed by atoms with van der Waals surface area (Å²) in [6, 6.07) is 73.6. The van der Waals surface area contributed by atoms with Gasteiger partial charge >= 0.3 is 0 Å². The lowest BCUT2D eigenvalue weighted by atomic mass is 9.90. The molecule has 1 heteroatoms. The molecule has 0 spiro atoms. The van der Waals surface area contributed by atoms with Crippen molar-refractivity contribution in [2.75, 3.05) is 0 Å². The van der Waals surface area contributed by atoms with Crippen LogP contribution in [0.3, 0.4) is 0 Å². The second-order valence-corrected chi connectivity index (χ2v) is 14.1. The monoisotopic (exact) mass is 671 g/mol. The molecule has 0 saturated heterocycles. The molecule has 0 radical (unpaired) electrons. The number of para-hydroxylation sites is 2. The topological polar surface area (TPSA) is 4.93 Å². The molecule has 1 heterocycles. The summed E-state index contributed by atoms with van der Waals surface area (Å²) >= 11 is 0. The molecular weight excluding hydrogens is 639 g/mol. The van der Waals surface area contributed by atoms with E-state index in [0.717, 1.165) is 0 Å². The smallest absolute Gasteiger partial charge is 0.0547 e. The van der Waals surface area contributed by atoms with Crippen molar-refractivity contribution in [1.29, 1.82) is 0 Å². The lowest BCUT2D eigenvalue weighted by Crippen LogP contribution is -1.93. The minimum Gasteiger partial charge on any atom is -0.309 e. The molecule has 0 aliphatic carbocycles. The number of hydrogen-bond donors (Lipinski definition) is 0. The van der Waals surface area contributed by atoms with Gasteiger partial charge in [0.2, 0.25) is 0 Å². The minimum absolute atomic E-state index is 1.17. The lowest BCUT2D eigenvalue weighted by Gasteiger charge is -2.14. The van der Waals surface area contributed by atoms with Gasteiger partial charge < -0.3 is 4.57 Å². The number of hydrogen-bond acceptors (Lipinski definition) is 0. The van der Waals surface area contributed by atoms with E-state index in [2.05, 4.69) is 205 Å². The van der Waals surface area contributed by atoms with Crippen molar-refractivity contribution in [2.45, 2.75) is 0 Å². The fraction of sp³-hybridized carbons (Fsp3) is 0. The third-order valence-corrected chi connectivity index (χ3v) is 11.1. The van der Waals surface area contributed by atoms with E-state index in [1.807, 2.05) is 0 Å². The van der Waals surface area contributed by atoms with Crippen LogP contribution in [0.2, 0.25) is 0 Å². The van der Waals surface area contributed by atoms with E-state index < -0.39 is 0 Å². The molecule has 1 nitrogen and oxygen atoms in total. The Bertz CT molecular complexity index is 3070. The number of rotatable bonds is 5. The van der Waals surface area contributed by atoms with Crippen LogP contribution < -0.4 is 0 Å². The molecule has 0 aliphatic heterocycles. The molecule has 0 fully saturated rings. The summed E-state index contributed by atoms with van der Waals surface area (Å²) in [5.74, 6) is 0. The largest absolute Gasteiger partial charge is 0.309 e. The van der Waals surface area contributed by atoms with E-state index in [-0.39, 0.29) is 0 Å². The molecule has 0 unspecified atom stereocenters. The first-order valence-corrected chi connectivity index (χ1v) is 18.3. The lowest BCUT2D eigenvalue weighted by molar-refractivity contribution is 1.18. The van der Waals surface area contributed by atoms with Crippen molar-refractivity contribution in [1.82, 2.24) is 4.57 Å². The van der Waals surface area contributed by atoms with Crippen LogP contribution in [0.15, 0.2) is 200 Å². The van der Waals surface area contributed by atoms with Crippen molar-refractivity contribution in [3.8, 4) is 50.2 Å². The summed E-state index contributed by atoms with van der Waals surface area (Å²) in [7, 11) is 0.